The fourth-order valence-electron chi connectivity index (χ4n) is 2.06. The summed E-state index contributed by atoms with van der Waals surface area (Å²) in [6, 6.07) is -0.448. The Kier molecular flexibility index (Phi) is 7.25. The van der Waals surface area contributed by atoms with Crippen molar-refractivity contribution in [3.05, 3.63) is 18.0 Å². The summed E-state index contributed by atoms with van der Waals surface area (Å²) in [4.78, 5) is 14.2. The monoisotopic (exact) mass is 282 g/mol. The van der Waals surface area contributed by atoms with Crippen molar-refractivity contribution in [2.24, 2.45) is 0 Å². The maximum atomic E-state index is 11.9. The van der Waals surface area contributed by atoms with Crippen molar-refractivity contribution in [2.45, 2.75) is 33.4 Å². The van der Waals surface area contributed by atoms with E-state index in [9.17, 15) is 4.79 Å². The average Bonchev–Trinajstić information content (AvgIpc) is 2.95. The molecule has 0 saturated carbocycles. The molecule has 0 aromatic carbocycles. The van der Waals surface area contributed by atoms with E-state index in [1.54, 1.807) is 10.9 Å². The zero-order valence-corrected chi connectivity index (χ0v) is 12.9. The van der Waals surface area contributed by atoms with E-state index in [0.29, 0.717) is 0 Å². The Morgan fingerprint density at radius 1 is 1.45 bits per heavy atom. The molecule has 0 aliphatic heterocycles. The van der Waals surface area contributed by atoms with Gasteiger partial charge in [0, 0.05) is 31.4 Å². The normalized spacial score (nSPS) is 12.7. The molecule has 1 atom stereocenters. The van der Waals surface area contributed by atoms with Crippen LogP contribution in [0.25, 0.3) is 0 Å². The lowest BCUT2D eigenvalue weighted by molar-refractivity contribution is -0.143. The molecule has 0 aliphatic rings. The number of hydrogen-bond donors (Lipinski definition) is 1. The highest BCUT2D eigenvalue weighted by atomic mass is 16.5. The predicted octanol–water partition coefficient (Wildman–Crippen LogP) is 1.05. The standard InChI is InChI=1S/C14H26N4O2/c1-5-17(6-2)9-8-15-13(14(19)20-4)12-10-16-18(7-3)11-12/h10-11,13,15H,5-9H2,1-4H3. The molecule has 1 N–H and O–H groups in total. The number of carbonyl (C=O) groups is 1. The van der Waals surface area contributed by atoms with Gasteiger partial charge in [-0.25, -0.2) is 4.79 Å². The number of esters is 1. The number of aromatic nitrogens is 2. The molecular formula is C14H26N4O2. The molecule has 20 heavy (non-hydrogen) atoms. The van der Waals surface area contributed by atoms with Crippen LogP contribution in [0.1, 0.15) is 32.4 Å². The molecule has 0 radical (unpaired) electrons. The molecule has 6 heteroatoms. The highest BCUT2D eigenvalue weighted by Gasteiger charge is 2.22. The lowest BCUT2D eigenvalue weighted by Crippen LogP contribution is -2.36. The zero-order chi connectivity index (χ0) is 15.0. The molecule has 1 aromatic rings. The highest BCUT2D eigenvalue weighted by Crippen LogP contribution is 2.13. The molecule has 0 amide bonds. The van der Waals surface area contributed by atoms with E-state index < -0.39 is 6.04 Å². The molecule has 1 heterocycles. The summed E-state index contributed by atoms with van der Waals surface area (Å²) in [7, 11) is 1.41. The van der Waals surface area contributed by atoms with E-state index in [1.165, 1.54) is 7.11 Å². The van der Waals surface area contributed by atoms with Gasteiger partial charge < -0.3 is 9.64 Å². The van der Waals surface area contributed by atoms with Crippen molar-refractivity contribution in [2.75, 3.05) is 33.3 Å². The minimum absolute atomic E-state index is 0.278. The van der Waals surface area contributed by atoms with Crippen LogP contribution in [-0.2, 0) is 16.1 Å². The van der Waals surface area contributed by atoms with Gasteiger partial charge in [-0.15, -0.1) is 0 Å². The van der Waals surface area contributed by atoms with Crippen LogP contribution in [0.15, 0.2) is 12.4 Å². The molecule has 1 aromatic heterocycles. The molecular weight excluding hydrogens is 256 g/mol. The third kappa shape index (κ3) is 4.61. The smallest absolute Gasteiger partial charge is 0.327 e. The zero-order valence-electron chi connectivity index (χ0n) is 12.9. The minimum Gasteiger partial charge on any atom is -0.468 e. The maximum absolute atomic E-state index is 11.9. The number of rotatable bonds is 9. The second-order valence-corrected chi connectivity index (χ2v) is 4.57. The van der Waals surface area contributed by atoms with Crippen molar-refractivity contribution in [3.63, 3.8) is 0 Å². The van der Waals surface area contributed by atoms with Gasteiger partial charge in [-0.1, -0.05) is 13.8 Å². The van der Waals surface area contributed by atoms with Gasteiger partial charge in [-0.05, 0) is 20.0 Å². The van der Waals surface area contributed by atoms with Gasteiger partial charge >= 0.3 is 5.97 Å². The lowest BCUT2D eigenvalue weighted by Gasteiger charge is -2.20. The largest absolute Gasteiger partial charge is 0.468 e. The van der Waals surface area contributed by atoms with Crippen LogP contribution in [-0.4, -0.2) is 53.9 Å². The Morgan fingerprint density at radius 3 is 2.65 bits per heavy atom. The first-order valence-corrected chi connectivity index (χ1v) is 7.22. The van der Waals surface area contributed by atoms with Gasteiger partial charge in [-0.3, -0.25) is 10.00 Å². The first-order valence-electron chi connectivity index (χ1n) is 7.22. The Labute approximate surface area is 121 Å². The SMILES string of the molecule is CCN(CC)CCNC(C(=O)OC)c1cnn(CC)c1. The van der Waals surface area contributed by atoms with E-state index >= 15 is 0 Å². The Morgan fingerprint density at radius 2 is 2.15 bits per heavy atom. The summed E-state index contributed by atoms with van der Waals surface area (Å²) < 4.78 is 6.67. The molecule has 0 fully saturated rings. The van der Waals surface area contributed by atoms with Crippen molar-refractivity contribution >= 4 is 5.97 Å². The lowest BCUT2D eigenvalue weighted by atomic mass is 10.1. The molecule has 0 aliphatic carbocycles. The van der Waals surface area contributed by atoms with Crippen molar-refractivity contribution in [1.29, 1.82) is 0 Å². The number of nitrogens with zero attached hydrogens (tertiary/aromatic N) is 3. The second-order valence-electron chi connectivity index (χ2n) is 4.57. The quantitative estimate of drug-likeness (QED) is 0.686. The number of likely N-dealkylation sites (N-methyl/N-ethyl adjacent to an activating group) is 1. The Hall–Kier alpha value is -1.40. The number of aryl methyl sites for hydroxylation is 1. The van der Waals surface area contributed by atoms with Gasteiger partial charge in [0.2, 0.25) is 0 Å². The van der Waals surface area contributed by atoms with E-state index in [2.05, 4.69) is 29.2 Å². The van der Waals surface area contributed by atoms with Crippen LogP contribution < -0.4 is 5.32 Å². The van der Waals surface area contributed by atoms with Crippen LogP contribution in [0.5, 0.6) is 0 Å². The molecule has 1 rings (SSSR count). The fraction of sp³-hybridized carbons (Fsp3) is 0.714. The topological polar surface area (TPSA) is 59.4 Å². The van der Waals surface area contributed by atoms with Crippen molar-refractivity contribution < 1.29 is 9.53 Å². The molecule has 0 bridgehead atoms. The van der Waals surface area contributed by atoms with Gasteiger partial charge in [0.15, 0.2) is 0 Å². The third-order valence-corrected chi connectivity index (χ3v) is 3.42. The van der Waals surface area contributed by atoms with Crippen LogP contribution in [0.3, 0.4) is 0 Å². The van der Waals surface area contributed by atoms with Gasteiger partial charge in [-0.2, -0.15) is 5.10 Å². The number of carbonyl (C=O) groups excluding carboxylic acids is 1. The third-order valence-electron chi connectivity index (χ3n) is 3.42. The van der Waals surface area contributed by atoms with E-state index in [4.69, 9.17) is 4.74 Å². The molecule has 1 unspecified atom stereocenters. The van der Waals surface area contributed by atoms with Gasteiger partial charge in [0.05, 0.1) is 13.3 Å². The summed E-state index contributed by atoms with van der Waals surface area (Å²) in [6.07, 6.45) is 3.60. The average molecular weight is 282 g/mol. The summed E-state index contributed by atoms with van der Waals surface area (Å²) in [5.74, 6) is -0.278. The number of ether oxygens (including phenoxy) is 1. The molecule has 114 valence electrons. The van der Waals surface area contributed by atoms with Gasteiger partial charge in [0.25, 0.3) is 0 Å². The Bertz CT molecular complexity index is 402. The van der Waals surface area contributed by atoms with Crippen LogP contribution in [0.2, 0.25) is 0 Å². The van der Waals surface area contributed by atoms with E-state index in [0.717, 1.165) is 38.3 Å². The molecule has 0 saturated heterocycles. The first-order chi connectivity index (χ1) is 9.65. The minimum atomic E-state index is -0.448. The van der Waals surface area contributed by atoms with Crippen molar-refractivity contribution in [1.82, 2.24) is 20.0 Å². The number of methoxy groups -OCH3 is 1. The van der Waals surface area contributed by atoms with Crippen LogP contribution in [0.4, 0.5) is 0 Å². The summed E-state index contributed by atoms with van der Waals surface area (Å²) in [5.41, 5.74) is 0.846. The van der Waals surface area contributed by atoms with E-state index in [-0.39, 0.29) is 5.97 Å². The molecule has 0 spiro atoms. The van der Waals surface area contributed by atoms with Crippen LogP contribution in [0, 0.1) is 0 Å². The van der Waals surface area contributed by atoms with E-state index in [1.807, 2.05) is 13.1 Å². The predicted molar refractivity (Wildman–Crippen MR) is 78.4 cm³/mol. The summed E-state index contributed by atoms with van der Waals surface area (Å²) in [5, 5.41) is 7.46. The summed E-state index contributed by atoms with van der Waals surface area (Å²) >= 11 is 0. The Balaban J connectivity index is 2.63. The van der Waals surface area contributed by atoms with Gasteiger partial charge in [0.1, 0.15) is 6.04 Å². The first kappa shape index (κ1) is 16.7. The van der Waals surface area contributed by atoms with Crippen molar-refractivity contribution in [3.8, 4) is 0 Å². The summed E-state index contributed by atoms with van der Waals surface area (Å²) in [6.45, 7) is 10.7. The second kappa shape index (κ2) is 8.71. The van der Waals surface area contributed by atoms with Crippen LogP contribution >= 0.6 is 0 Å². The number of hydrogen-bond acceptors (Lipinski definition) is 5. The number of nitrogens with one attached hydrogen (secondary N) is 1. The maximum Gasteiger partial charge on any atom is 0.327 e. The fourth-order valence-corrected chi connectivity index (χ4v) is 2.06. The molecule has 6 nitrogen and oxygen atoms in total. The highest BCUT2D eigenvalue weighted by molar-refractivity contribution is 5.77.